The zero-order valence-corrected chi connectivity index (χ0v) is 29.5. The number of benzene rings is 6. The Morgan fingerprint density at radius 3 is 1.49 bits per heavy atom. The highest BCUT2D eigenvalue weighted by molar-refractivity contribution is 9.10. The summed E-state index contributed by atoms with van der Waals surface area (Å²) in [6, 6.07) is 45.9. The van der Waals surface area contributed by atoms with Gasteiger partial charge in [-0.1, -0.05) is 136 Å². The van der Waals surface area contributed by atoms with Crippen LogP contribution in [0.3, 0.4) is 0 Å². The van der Waals surface area contributed by atoms with Crippen LogP contribution in [0, 0.1) is 0 Å². The van der Waals surface area contributed by atoms with E-state index < -0.39 is 0 Å². The maximum Gasteiger partial charge on any atom is 0.0543 e. The van der Waals surface area contributed by atoms with E-state index in [1.807, 2.05) is 0 Å². The van der Waals surface area contributed by atoms with Gasteiger partial charge in [-0.3, -0.25) is 0 Å². The van der Waals surface area contributed by atoms with Gasteiger partial charge in [-0.15, -0.1) is 0 Å². The molecule has 0 atom stereocenters. The van der Waals surface area contributed by atoms with Gasteiger partial charge in [-0.25, -0.2) is 0 Å². The lowest BCUT2D eigenvalue weighted by Gasteiger charge is -2.31. The molecule has 0 unspecified atom stereocenters. The maximum absolute atomic E-state index is 3.75. The molecule has 0 spiro atoms. The Balaban J connectivity index is 1.31. The largest absolute Gasteiger partial charge is 0.310 e. The molecular formula is C45H38BrN. The summed E-state index contributed by atoms with van der Waals surface area (Å²) in [7, 11) is 0. The van der Waals surface area contributed by atoms with Crippen molar-refractivity contribution in [1.82, 2.24) is 0 Å². The van der Waals surface area contributed by atoms with Crippen LogP contribution in [0.2, 0.25) is 0 Å². The molecule has 6 aromatic carbocycles. The van der Waals surface area contributed by atoms with Gasteiger partial charge in [-0.05, 0) is 104 Å². The predicted molar refractivity (Wildman–Crippen MR) is 202 cm³/mol. The van der Waals surface area contributed by atoms with Crippen molar-refractivity contribution in [2.75, 3.05) is 4.90 Å². The molecule has 6 aromatic rings. The number of rotatable bonds is 3. The minimum absolute atomic E-state index is 0.0792. The molecule has 2 heteroatoms. The molecule has 9 rings (SSSR count). The number of halogens is 1. The summed E-state index contributed by atoms with van der Waals surface area (Å²) < 4.78 is 1.13. The quantitative estimate of drug-likeness (QED) is 0.181. The predicted octanol–water partition coefficient (Wildman–Crippen LogP) is 12.8. The Bertz CT molecular complexity index is 2300. The van der Waals surface area contributed by atoms with Crippen LogP contribution in [0.25, 0.3) is 33.4 Å². The second-order valence-corrected chi connectivity index (χ2v) is 16.1. The Kier molecular flexibility index (Phi) is 5.87. The van der Waals surface area contributed by atoms with Crippen LogP contribution in [-0.2, 0) is 16.2 Å². The van der Waals surface area contributed by atoms with Crippen LogP contribution in [0.5, 0.6) is 0 Å². The van der Waals surface area contributed by atoms with Crippen molar-refractivity contribution in [2.45, 2.75) is 57.8 Å². The van der Waals surface area contributed by atoms with Crippen molar-refractivity contribution in [3.05, 3.63) is 159 Å². The SMILES string of the molecule is CC1(C)c2ccccc2-c2ccc(N(c3ccc4c(c3)C(C)(C)c3cc(Br)ccc3-4)c3cccc4c3-c3ccccc3C4(C)C)cc21. The summed E-state index contributed by atoms with van der Waals surface area (Å²) in [5.41, 5.74) is 19.7. The third-order valence-corrected chi connectivity index (χ3v) is 12.0. The van der Waals surface area contributed by atoms with Gasteiger partial charge in [0.25, 0.3) is 0 Å². The summed E-state index contributed by atoms with van der Waals surface area (Å²) >= 11 is 3.75. The topological polar surface area (TPSA) is 3.24 Å². The molecule has 0 N–H and O–H groups in total. The van der Waals surface area contributed by atoms with Crippen LogP contribution in [-0.4, -0.2) is 0 Å². The normalized spacial score (nSPS) is 16.5. The minimum atomic E-state index is -0.120. The number of anilines is 3. The summed E-state index contributed by atoms with van der Waals surface area (Å²) in [4.78, 5) is 2.53. The Labute approximate surface area is 287 Å². The van der Waals surface area contributed by atoms with Gasteiger partial charge < -0.3 is 4.90 Å². The fraction of sp³-hybridized carbons (Fsp3) is 0.200. The average Bonchev–Trinajstić information content (AvgIpc) is 3.55. The highest BCUT2D eigenvalue weighted by Gasteiger charge is 2.40. The van der Waals surface area contributed by atoms with Crippen molar-refractivity contribution in [2.24, 2.45) is 0 Å². The summed E-state index contributed by atoms with van der Waals surface area (Å²) in [5, 5.41) is 0. The molecule has 47 heavy (non-hydrogen) atoms. The second kappa shape index (κ2) is 9.58. The van der Waals surface area contributed by atoms with Crippen molar-refractivity contribution >= 4 is 33.0 Å². The molecule has 0 radical (unpaired) electrons. The van der Waals surface area contributed by atoms with Crippen LogP contribution < -0.4 is 4.90 Å². The van der Waals surface area contributed by atoms with Gasteiger partial charge in [-0.2, -0.15) is 0 Å². The minimum Gasteiger partial charge on any atom is -0.310 e. The van der Waals surface area contributed by atoms with E-state index in [-0.39, 0.29) is 16.2 Å². The van der Waals surface area contributed by atoms with E-state index in [0.29, 0.717) is 0 Å². The van der Waals surface area contributed by atoms with Gasteiger partial charge in [0.05, 0.1) is 5.69 Å². The van der Waals surface area contributed by atoms with E-state index in [9.17, 15) is 0 Å². The Morgan fingerprint density at radius 1 is 0.404 bits per heavy atom. The van der Waals surface area contributed by atoms with Crippen LogP contribution in [0.4, 0.5) is 17.1 Å². The molecule has 0 aromatic heterocycles. The van der Waals surface area contributed by atoms with Crippen molar-refractivity contribution in [3.8, 4) is 33.4 Å². The van der Waals surface area contributed by atoms with Crippen molar-refractivity contribution < 1.29 is 0 Å². The van der Waals surface area contributed by atoms with Crippen LogP contribution >= 0.6 is 15.9 Å². The van der Waals surface area contributed by atoms with E-state index in [1.165, 1.54) is 83.8 Å². The first-order valence-corrected chi connectivity index (χ1v) is 17.5. The first kappa shape index (κ1) is 28.8. The monoisotopic (exact) mass is 671 g/mol. The molecule has 0 amide bonds. The molecule has 0 heterocycles. The van der Waals surface area contributed by atoms with Crippen molar-refractivity contribution in [3.63, 3.8) is 0 Å². The number of hydrogen-bond acceptors (Lipinski definition) is 1. The lowest BCUT2D eigenvalue weighted by Crippen LogP contribution is -2.18. The average molecular weight is 673 g/mol. The van der Waals surface area contributed by atoms with E-state index in [1.54, 1.807) is 0 Å². The number of fused-ring (bicyclic) bond motifs is 9. The van der Waals surface area contributed by atoms with Gasteiger partial charge in [0.15, 0.2) is 0 Å². The van der Waals surface area contributed by atoms with Crippen LogP contribution in [0.1, 0.15) is 74.9 Å². The second-order valence-electron chi connectivity index (χ2n) is 15.2. The lowest BCUT2D eigenvalue weighted by molar-refractivity contribution is 0.659. The Hall–Kier alpha value is -4.40. The van der Waals surface area contributed by atoms with Gasteiger partial charge >= 0.3 is 0 Å². The smallest absolute Gasteiger partial charge is 0.0543 e. The fourth-order valence-corrected chi connectivity index (χ4v) is 9.38. The third kappa shape index (κ3) is 3.82. The molecule has 0 fully saturated rings. The first-order chi connectivity index (χ1) is 22.5. The summed E-state index contributed by atoms with van der Waals surface area (Å²) in [6.45, 7) is 14.2. The molecule has 3 aliphatic rings. The molecule has 3 aliphatic carbocycles. The van der Waals surface area contributed by atoms with E-state index >= 15 is 0 Å². The first-order valence-electron chi connectivity index (χ1n) is 16.7. The van der Waals surface area contributed by atoms with Gasteiger partial charge in [0.2, 0.25) is 0 Å². The molecular weight excluding hydrogens is 634 g/mol. The molecule has 1 nitrogen and oxygen atoms in total. The summed E-state index contributed by atoms with van der Waals surface area (Å²) in [5.74, 6) is 0. The highest BCUT2D eigenvalue weighted by atomic mass is 79.9. The molecule has 0 bridgehead atoms. The van der Waals surface area contributed by atoms with Crippen LogP contribution in [0.15, 0.2) is 126 Å². The number of hydrogen-bond donors (Lipinski definition) is 0. The molecule has 0 aliphatic heterocycles. The highest BCUT2D eigenvalue weighted by Crippen LogP contribution is 2.57. The molecule has 0 saturated heterocycles. The zero-order chi connectivity index (χ0) is 32.5. The van der Waals surface area contributed by atoms with E-state index in [0.717, 1.165) is 4.47 Å². The number of nitrogens with zero attached hydrogens (tertiary/aromatic N) is 1. The van der Waals surface area contributed by atoms with E-state index in [2.05, 4.69) is 184 Å². The standard InChI is InChI=1S/C45H38BrN/c1-43(2)36-15-10-8-13-34(36)42-37(43)16-11-17-41(42)47(28-19-22-32-30-12-7-9-14-35(30)44(3,4)39(32)25-28)29-20-23-33-31-21-18-27(46)24-38(31)45(5,6)40(33)26-29/h7-26H,1-6H3. The fourth-order valence-electron chi connectivity index (χ4n) is 9.02. The molecule has 0 saturated carbocycles. The third-order valence-electron chi connectivity index (χ3n) is 11.5. The zero-order valence-electron chi connectivity index (χ0n) is 27.9. The van der Waals surface area contributed by atoms with Crippen molar-refractivity contribution in [1.29, 1.82) is 0 Å². The summed E-state index contributed by atoms with van der Waals surface area (Å²) in [6.07, 6.45) is 0. The molecule has 230 valence electrons. The van der Waals surface area contributed by atoms with Gasteiger partial charge in [0, 0.05) is 37.7 Å². The van der Waals surface area contributed by atoms with E-state index in [4.69, 9.17) is 0 Å². The maximum atomic E-state index is 3.75. The lowest BCUT2D eigenvalue weighted by atomic mass is 9.81. The Morgan fingerprint density at radius 2 is 0.851 bits per heavy atom. The van der Waals surface area contributed by atoms with Gasteiger partial charge in [0.1, 0.15) is 0 Å².